The predicted molar refractivity (Wildman–Crippen MR) is 83.7 cm³/mol. The second-order valence-electron chi connectivity index (χ2n) is 6.10. The Morgan fingerprint density at radius 3 is 2.21 bits per heavy atom. The molecule has 0 fully saturated rings. The SMILES string of the molecule is CC(=O)NC1Cc2ccc(C(=O)C(C)C(C(=O)O)C(=O)O)cc2C1. The molecular weight excluding hydrogens is 314 g/mol. The van der Waals surface area contributed by atoms with Crippen molar-refractivity contribution in [1.29, 1.82) is 0 Å². The molecule has 128 valence electrons. The second-order valence-corrected chi connectivity index (χ2v) is 6.10. The molecule has 2 atom stereocenters. The third kappa shape index (κ3) is 3.61. The van der Waals surface area contributed by atoms with Crippen LogP contribution in [0.5, 0.6) is 0 Å². The van der Waals surface area contributed by atoms with Crippen LogP contribution in [-0.4, -0.2) is 39.9 Å². The number of benzene rings is 1. The average Bonchev–Trinajstić information content (AvgIpc) is 2.85. The van der Waals surface area contributed by atoms with Crippen molar-refractivity contribution in [3.63, 3.8) is 0 Å². The van der Waals surface area contributed by atoms with Gasteiger partial charge in [-0.15, -0.1) is 0 Å². The first kappa shape index (κ1) is 17.7. The summed E-state index contributed by atoms with van der Waals surface area (Å²) in [4.78, 5) is 45.8. The largest absolute Gasteiger partial charge is 0.481 e. The van der Waals surface area contributed by atoms with Gasteiger partial charge in [0.2, 0.25) is 5.91 Å². The van der Waals surface area contributed by atoms with Crippen LogP contribution >= 0.6 is 0 Å². The van der Waals surface area contributed by atoms with Gasteiger partial charge in [-0.25, -0.2) is 0 Å². The Labute approximate surface area is 138 Å². The number of carboxylic acid groups (broad SMARTS) is 2. The highest BCUT2D eigenvalue weighted by atomic mass is 16.4. The number of hydrogen-bond donors (Lipinski definition) is 3. The molecule has 0 radical (unpaired) electrons. The molecule has 0 saturated carbocycles. The van der Waals surface area contributed by atoms with Crippen LogP contribution in [-0.2, 0) is 27.2 Å². The zero-order chi connectivity index (χ0) is 18.0. The van der Waals surface area contributed by atoms with Gasteiger partial charge in [-0.2, -0.15) is 0 Å². The number of nitrogens with one attached hydrogen (secondary N) is 1. The lowest BCUT2D eigenvalue weighted by Crippen LogP contribution is -2.34. The minimum Gasteiger partial charge on any atom is -0.481 e. The van der Waals surface area contributed by atoms with Gasteiger partial charge in [0.05, 0.1) is 0 Å². The molecule has 2 rings (SSSR count). The minimum absolute atomic E-state index is 0.0222. The number of carboxylic acids is 2. The molecule has 2 unspecified atom stereocenters. The molecule has 0 aliphatic heterocycles. The summed E-state index contributed by atoms with van der Waals surface area (Å²) >= 11 is 0. The average molecular weight is 333 g/mol. The highest BCUT2D eigenvalue weighted by Crippen LogP contribution is 2.26. The van der Waals surface area contributed by atoms with Gasteiger partial charge in [0.15, 0.2) is 11.7 Å². The first-order chi connectivity index (χ1) is 11.2. The highest BCUT2D eigenvalue weighted by molar-refractivity contribution is 6.05. The van der Waals surface area contributed by atoms with E-state index in [0.29, 0.717) is 12.8 Å². The summed E-state index contributed by atoms with van der Waals surface area (Å²) < 4.78 is 0. The maximum absolute atomic E-state index is 12.5. The Balaban J connectivity index is 2.20. The Bertz CT molecular complexity index is 697. The van der Waals surface area contributed by atoms with Crippen molar-refractivity contribution < 1.29 is 29.4 Å². The van der Waals surface area contributed by atoms with Crippen molar-refractivity contribution in [1.82, 2.24) is 5.32 Å². The maximum Gasteiger partial charge on any atom is 0.318 e. The smallest absolute Gasteiger partial charge is 0.318 e. The summed E-state index contributed by atoms with van der Waals surface area (Å²) in [5.41, 5.74) is 2.22. The van der Waals surface area contributed by atoms with Crippen LogP contribution in [0.4, 0.5) is 0 Å². The van der Waals surface area contributed by atoms with Crippen molar-refractivity contribution in [3.05, 3.63) is 34.9 Å². The van der Waals surface area contributed by atoms with E-state index in [1.165, 1.54) is 13.8 Å². The Morgan fingerprint density at radius 2 is 1.67 bits per heavy atom. The van der Waals surface area contributed by atoms with Crippen LogP contribution in [0.2, 0.25) is 0 Å². The summed E-state index contributed by atoms with van der Waals surface area (Å²) in [5, 5.41) is 20.8. The standard InChI is InChI=1S/C17H19NO6/c1-8(14(16(21)22)17(23)24)15(20)11-4-3-10-6-13(18-9(2)19)7-12(10)5-11/h3-5,8,13-14H,6-7H2,1-2H3,(H,18,19)(H,21,22)(H,23,24). The number of Topliss-reactive ketones (excluding diaryl/α,β-unsaturated/α-hetero) is 1. The number of hydrogen-bond acceptors (Lipinski definition) is 4. The molecule has 24 heavy (non-hydrogen) atoms. The fraction of sp³-hybridized carbons (Fsp3) is 0.412. The van der Waals surface area contributed by atoms with Crippen LogP contribution < -0.4 is 5.32 Å². The Kier molecular flexibility index (Phi) is 5.02. The maximum atomic E-state index is 12.5. The van der Waals surface area contributed by atoms with Crippen molar-refractivity contribution >= 4 is 23.6 Å². The van der Waals surface area contributed by atoms with Crippen LogP contribution in [0, 0.1) is 11.8 Å². The molecule has 1 aliphatic rings. The molecule has 1 aromatic rings. The van der Waals surface area contributed by atoms with E-state index in [0.717, 1.165) is 11.1 Å². The van der Waals surface area contributed by atoms with Crippen molar-refractivity contribution in [2.45, 2.75) is 32.7 Å². The van der Waals surface area contributed by atoms with Crippen molar-refractivity contribution in [3.8, 4) is 0 Å². The molecule has 0 saturated heterocycles. The van der Waals surface area contributed by atoms with E-state index in [1.807, 2.05) is 0 Å². The summed E-state index contributed by atoms with van der Waals surface area (Å²) in [6.45, 7) is 2.75. The van der Waals surface area contributed by atoms with Gasteiger partial charge in [-0.1, -0.05) is 19.1 Å². The fourth-order valence-corrected chi connectivity index (χ4v) is 3.11. The summed E-state index contributed by atoms with van der Waals surface area (Å²) in [6, 6.07) is 4.99. The lowest BCUT2D eigenvalue weighted by Gasteiger charge is -2.15. The van der Waals surface area contributed by atoms with E-state index >= 15 is 0 Å². The van der Waals surface area contributed by atoms with E-state index in [9.17, 15) is 19.2 Å². The van der Waals surface area contributed by atoms with Gasteiger partial charge in [-0.05, 0) is 30.0 Å². The Morgan fingerprint density at radius 1 is 1.08 bits per heavy atom. The monoisotopic (exact) mass is 333 g/mol. The second kappa shape index (κ2) is 6.82. The Hall–Kier alpha value is -2.70. The van der Waals surface area contributed by atoms with E-state index in [1.54, 1.807) is 18.2 Å². The number of aliphatic carboxylic acids is 2. The number of ketones is 1. The predicted octanol–water partition coefficient (Wildman–Crippen LogP) is 0.894. The zero-order valence-electron chi connectivity index (χ0n) is 13.4. The molecule has 7 nitrogen and oxygen atoms in total. The number of fused-ring (bicyclic) bond motifs is 1. The molecule has 0 aromatic heterocycles. The van der Waals surface area contributed by atoms with Crippen LogP contribution in [0.25, 0.3) is 0 Å². The quantitative estimate of drug-likeness (QED) is 0.525. The molecule has 1 amide bonds. The molecule has 0 heterocycles. The summed E-state index contributed by atoms with van der Waals surface area (Å²) in [7, 11) is 0. The number of carbonyl (C=O) groups is 4. The van der Waals surface area contributed by atoms with Crippen molar-refractivity contribution in [2.24, 2.45) is 11.8 Å². The van der Waals surface area contributed by atoms with Gasteiger partial charge in [0.1, 0.15) is 0 Å². The van der Waals surface area contributed by atoms with E-state index in [2.05, 4.69) is 5.32 Å². The normalized spacial score (nSPS) is 17.2. The van der Waals surface area contributed by atoms with Crippen LogP contribution in [0.15, 0.2) is 18.2 Å². The van der Waals surface area contributed by atoms with Gasteiger partial charge >= 0.3 is 11.9 Å². The molecule has 7 heteroatoms. The minimum atomic E-state index is -1.78. The topological polar surface area (TPSA) is 121 Å². The third-order valence-electron chi connectivity index (χ3n) is 4.28. The molecule has 3 N–H and O–H groups in total. The molecule has 0 spiro atoms. The number of carbonyl (C=O) groups excluding carboxylic acids is 2. The summed E-state index contributed by atoms with van der Waals surface area (Å²) in [5.74, 6) is -6.66. The van der Waals surface area contributed by atoms with Gasteiger partial charge in [0, 0.05) is 24.4 Å². The van der Waals surface area contributed by atoms with Gasteiger partial charge in [-0.3, -0.25) is 19.2 Å². The molecule has 1 aromatic carbocycles. The van der Waals surface area contributed by atoms with Crippen LogP contribution in [0.3, 0.4) is 0 Å². The molecular formula is C17H19NO6. The summed E-state index contributed by atoms with van der Waals surface area (Å²) in [6.07, 6.45) is 1.26. The van der Waals surface area contributed by atoms with Crippen molar-refractivity contribution in [2.75, 3.05) is 0 Å². The third-order valence-corrected chi connectivity index (χ3v) is 4.28. The van der Waals surface area contributed by atoms with Gasteiger partial charge < -0.3 is 15.5 Å². The lowest BCUT2D eigenvalue weighted by molar-refractivity contribution is -0.156. The van der Waals surface area contributed by atoms with Gasteiger partial charge in [0.25, 0.3) is 0 Å². The van der Waals surface area contributed by atoms with E-state index < -0.39 is 29.6 Å². The number of amides is 1. The zero-order valence-corrected chi connectivity index (χ0v) is 13.4. The lowest BCUT2D eigenvalue weighted by atomic mass is 9.86. The molecule has 1 aliphatic carbocycles. The fourth-order valence-electron chi connectivity index (χ4n) is 3.11. The molecule has 0 bridgehead atoms. The first-order valence-electron chi connectivity index (χ1n) is 7.59. The van der Waals surface area contributed by atoms with E-state index in [4.69, 9.17) is 10.2 Å². The first-order valence-corrected chi connectivity index (χ1v) is 7.59. The highest BCUT2D eigenvalue weighted by Gasteiger charge is 2.37. The van der Waals surface area contributed by atoms with Crippen LogP contribution in [0.1, 0.15) is 35.3 Å². The van der Waals surface area contributed by atoms with E-state index in [-0.39, 0.29) is 17.5 Å². The number of rotatable bonds is 6.